The van der Waals surface area contributed by atoms with E-state index in [0.29, 0.717) is 24.0 Å². The minimum atomic E-state index is -0.443. The van der Waals surface area contributed by atoms with Crippen molar-refractivity contribution in [2.45, 2.75) is 6.61 Å². The number of hydrogen-bond donors (Lipinski definition) is 1. The van der Waals surface area contributed by atoms with Gasteiger partial charge in [-0.25, -0.2) is 9.37 Å². The highest BCUT2D eigenvalue weighted by Crippen LogP contribution is 2.35. The number of rotatable bonds is 0. The zero-order valence-electron chi connectivity index (χ0n) is 10.8. The standard InChI is InChI=1S/C12H8FNO2.C2H7N/c13-9-5-11-12(14-6-9)15-7-8-3-1-2-4-10(8)16-11;1-3-2/h1-6H,7H2;3H,1-2H3. The lowest BCUT2D eigenvalue weighted by Crippen LogP contribution is -1.94. The van der Waals surface area contributed by atoms with Gasteiger partial charge in [-0.2, -0.15) is 0 Å². The third-order valence-corrected chi connectivity index (χ3v) is 2.34. The summed E-state index contributed by atoms with van der Waals surface area (Å²) in [6, 6.07) is 8.74. The first kappa shape index (κ1) is 13.3. The molecule has 4 nitrogen and oxygen atoms in total. The minimum Gasteiger partial charge on any atom is -0.470 e. The van der Waals surface area contributed by atoms with Crippen LogP contribution in [0.4, 0.5) is 4.39 Å². The number of benzene rings is 1. The number of pyridine rings is 1. The zero-order chi connectivity index (χ0) is 13.7. The van der Waals surface area contributed by atoms with Gasteiger partial charge in [0.05, 0.1) is 6.20 Å². The second-order valence-electron chi connectivity index (χ2n) is 3.96. The van der Waals surface area contributed by atoms with Gasteiger partial charge in [0.1, 0.15) is 18.2 Å². The second kappa shape index (κ2) is 6.15. The Labute approximate surface area is 111 Å². The molecular formula is C14H15FN2O2. The maximum atomic E-state index is 13.0. The van der Waals surface area contributed by atoms with Gasteiger partial charge in [0.15, 0.2) is 5.75 Å². The van der Waals surface area contributed by atoms with Gasteiger partial charge in [0.25, 0.3) is 5.88 Å². The van der Waals surface area contributed by atoms with Gasteiger partial charge in [0.2, 0.25) is 0 Å². The van der Waals surface area contributed by atoms with Crippen LogP contribution in [0.15, 0.2) is 36.5 Å². The Bertz CT molecular complexity index is 561. The van der Waals surface area contributed by atoms with Crippen LogP contribution in [0.1, 0.15) is 5.56 Å². The fourth-order valence-corrected chi connectivity index (χ4v) is 1.58. The summed E-state index contributed by atoms with van der Waals surface area (Å²) in [5, 5.41) is 2.75. The monoisotopic (exact) mass is 262 g/mol. The molecule has 100 valence electrons. The van der Waals surface area contributed by atoms with Crippen LogP contribution in [0, 0.1) is 5.82 Å². The second-order valence-corrected chi connectivity index (χ2v) is 3.96. The predicted molar refractivity (Wildman–Crippen MR) is 70.0 cm³/mol. The molecule has 1 aliphatic rings. The molecule has 0 saturated carbocycles. The van der Waals surface area contributed by atoms with Gasteiger partial charge >= 0.3 is 0 Å². The van der Waals surface area contributed by atoms with Crippen molar-refractivity contribution in [2.24, 2.45) is 0 Å². The fourth-order valence-electron chi connectivity index (χ4n) is 1.58. The minimum absolute atomic E-state index is 0.310. The molecule has 19 heavy (non-hydrogen) atoms. The number of ether oxygens (including phenoxy) is 2. The fraction of sp³-hybridized carbons (Fsp3) is 0.214. The van der Waals surface area contributed by atoms with Crippen LogP contribution >= 0.6 is 0 Å². The largest absolute Gasteiger partial charge is 0.470 e. The zero-order valence-corrected chi connectivity index (χ0v) is 10.8. The molecule has 0 atom stereocenters. The van der Waals surface area contributed by atoms with Gasteiger partial charge in [0, 0.05) is 11.6 Å². The maximum absolute atomic E-state index is 13.0. The molecule has 0 aliphatic carbocycles. The van der Waals surface area contributed by atoms with Gasteiger partial charge in [-0.3, -0.25) is 0 Å². The smallest absolute Gasteiger partial charge is 0.258 e. The van der Waals surface area contributed by atoms with Gasteiger partial charge in [-0.15, -0.1) is 0 Å². The molecule has 5 heteroatoms. The van der Waals surface area contributed by atoms with Gasteiger partial charge in [-0.05, 0) is 20.2 Å². The Morgan fingerprint density at radius 1 is 1.21 bits per heavy atom. The Morgan fingerprint density at radius 3 is 2.74 bits per heavy atom. The van der Waals surface area contributed by atoms with E-state index in [1.165, 1.54) is 6.07 Å². The van der Waals surface area contributed by atoms with E-state index in [1.54, 1.807) is 0 Å². The van der Waals surface area contributed by atoms with Crippen molar-refractivity contribution in [3.8, 4) is 17.4 Å². The molecule has 0 fully saturated rings. The summed E-state index contributed by atoms with van der Waals surface area (Å²) in [6.07, 6.45) is 1.11. The molecule has 0 amide bonds. The Hall–Kier alpha value is -2.14. The van der Waals surface area contributed by atoms with Gasteiger partial charge in [-0.1, -0.05) is 18.2 Å². The molecular weight excluding hydrogens is 247 g/mol. The van der Waals surface area contributed by atoms with Gasteiger partial charge < -0.3 is 14.8 Å². The predicted octanol–water partition coefficient (Wildman–Crippen LogP) is 2.74. The summed E-state index contributed by atoms with van der Waals surface area (Å²) in [7, 11) is 3.75. The van der Waals surface area contributed by atoms with E-state index in [0.717, 1.165) is 11.8 Å². The van der Waals surface area contributed by atoms with E-state index >= 15 is 0 Å². The van der Waals surface area contributed by atoms with Crippen molar-refractivity contribution in [3.05, 3.63) is 47.9 Å². The highest BCUT2D eigenvalue weighted by Gasteiger charge is 2.16. The van der Waals surface area contributed by atoms with E-state index in [1.807, 2.05) is 38.4 Å². The molecule has 0 spiro atoms. The number of halogens is 1. The molecule has 1 aromatic heterocycles. The lowest BCUT2D eigenvalue weighted by atomic mass is 10.2. The first-order chi connectivity index (χ1) is 9.24. The Kier molecular flexibility index (Phi) is 4.30. The molecule has 1 aliphatic heterocycles. The first-order valence-corrected chi connectivity index (χ1v) is 5.87. The van der Waals surface area contributed by atoms with E-state index < -0.39 is 5.82 Å². The summed E-state index contributed by atoms with van der Waals surface area (Å²) in [6.45, 7) is 0.377. The molecule has 2 aromatic rings. The van der Waals surface area contributed by atoms with E-state index in [-0.39, 0.29) is 0 Å². The molecule has 0 unspecified atom stereocenters. The molecule has 0 radical (unpaired) electrons. The third-order valence-electron chi connectivity index (χ3n) is 2.34. The van der Waals surface area contributed by atoms with Crippen molar-refractivity contribution < 1.29 is 13.9 Å². The highest BCUT2D eigenvalue weighted by molar-refractivity contribution is 5.43. The molecule has 2 heterocycles. The van der Waals surface area contributed by atoms with Crippen LogP contribution in [-0.4, -0.2) is 19.1 Å². The van der Waals surface area contributed by atoms with E-state index in [4.69, 9.17) is 9.47 Å². The lowest BCUT2D eigenvalue weighted by Gasteiger charge is -2.05. The average Bonchev–Trinajstić information content (AvgIpc) is 2.58. The van der Waals surface area contributed by atoms with Crippen LogP contribution in [-0.2, 0) is 6.61 Å². The number of fused-ring (bicyclic) bond motifs is 2. The number of para-hydroxylation sites is 1. The van der Waals surface area contributed by atoms with E-state index in [9.17, 15) is 4.39 Å². The Morgan fingerprint density at radius 2 is 1.95 bits per heavy atom. The normalized spacial score (nSPS) is 11.7. The summed E-state index contributed by atoms with van der Waals surface area (Å²) in [5.41, 5.74) is 0.918. The van der Waals surface area contributed by atoms with Crippen molar-refractivity contribution in [1.82, 2.24) is 10.3 Å². The third kappa shape index (κ3) is 3.20. The van der Waals surface area contributed by atoms with Crippen molar-refractivity contribution in [2.75, 3.05) is 14.1 Å². The highest BCUT2D eigenvalue weighted by atomic mass is 19.1. The lowest BCUT2D eigenvalue weighted by molar-refractivity contribution is 0.293. The van der Waals surface area contributed by atoms with E-state index in [2.05, 4.69) is 10.3 Å². The number of aromatic nitrogens is 1. The van der Waals surface area contributed by atoms with Crippen LogP contribution in [0.5, 0.6) is 17.4 Å². The average molecular weight is 262 g/mol. The molecule has 0 saturated heterocycles. The summed E-state index contributed by atoms with van der Waals surface area (Å²) < 4.78 is 24.0. The summed E-state index contributed by atoms with van der Waals surface area (Å²) >= 11 is 0. The van der Waals surface area contributed by atoms with Crippen LogP contribution in [0.2, 0.25) is 0 Å². The van der Waals surface area contributed by atoms with Crippen molar-refractivity contribution in [1.29, 1.82) is 0 Å². The molecule has 1 aromatic carbocycles. The molecule has 0 bridgehead atoms. The maximum Gasteiger partial charge on any atom is 0.258 e. The number of nitrogens with one attached hydrogen (secondary N) is 1. The van der Waals surface area contributed by atoms with Crippen molar-refractivity contribution in [3.63, 3.8) is 0 Å². The first-order valence-electron chi connectivity index (χ1n) is 5.87. The number of hydrogen-bond acceptors (Lipinski definition) is 4. The summed E-state index contributed by atoms with van der Waals surface area (Å²) in [4.78, 5) is 3.84. The van der Waals surface area contributed by atoms with Crippen LogP contribution < -0.4 is 14.8 Å². The summed E-state index contributed by atoms with van der Waals surface area (Å²) in [5.74, 6) is 0.859. The molecule has 1 N–H and O–H groups in total. The molecule has 3 rings (SSSR count). The van der Waals surface area contributed by atoms with Crippen LogP contribution in [0.3, 0.4) is 0 Å². The Balaban J connectivity index is 0.000000408. The van der Waals surface area contributed by atoms with Crippen LogP contribution in [0.25, 0.3) is 0 Å². The topological polar surface area (TPSA) is 43.4 Å². The van der Waals surface area contributed by atoms with Crippen molar-refractivity contribution >= 4 is 0 Å². The quantitative estimate of drug-likeness (QED) is 0.792. The SMILES string of the molecule is CNC.Fc1cnc2c(c1)Oc1ccccc1CO2. The number of nitrogens with zero attached hydrogens (tertiary/aromatic N) is 1.